The lowest BCUT2D eigenvalue weighted by Crippen LogP contribution is -2.28. The van der Waals surface area contributed by atoms with Gasteiger partial charge >= 0.3 is 6.03 Å². The van der Waals surface area contributed by atoms with E-state index in [9.17, 15) is 9.90 Å². The summed E-state index contributed by atoms with van der Waals surface area (Å²) in [7, 11) is 0. The SMILES string of the molecule is CC1CN(c2ccccc2O)C(=O)N1. The topological polar surface area (TPSA) is 52.6 Å². The molecule has 0 spiro atoms. The molecule has 1 aliphatic rings. The minimum absolute atomic E-state index is 0.127. The molecule has 0 aliphatic carbocycles. The lowest BCUT2D eigenvalue weighted by atomic mass is 10.2. The first kappa shape index (κ1) is 8.87. The first-order valence-electron chi connectivity index (χ1n) is 4.54. The first-order valence-corrected chi connectivity index (χ1v) is 4.54. The van der Waals surface area contributed by atoms with Crippen LogP contribution in [0.3, 0.4) is 0 Å². The minimum atomic E-state index is -0.154. The molecule has 2 rings (SSSR count). The van der Waals surface area contributed by atoms with Crippen molar-refractivity contribution < 1.29 is 9.90 Å². The standard InChI is InChI=1S/C10H12N2O2/c1-7-6-12(10(14)11-7)8-4-2-3-5-9(8)13/h2-5,7,13H,6H2,1H3,(H,11,14). The molecule has 1 atom stereocenters. The zero-order valence-corrected chi connectivity index (χ0v) is 7.90. The molecule has 2 amide bonds. The van der Waals surface area contributed by atoms with Crippen LogP contribution in [-0.4, -0.2) is 23.7 Å². The van der Waals surface area contributed by atoms with Gasteiger partial charge in [-0.3, -0.25) is 4.90 Å². The highest BCUT2D eigenvalue weighted by atomic mass is 16.3. The van der Waals surface area contributed by atoms with Gasteiger partial charge < -0.3 is 10.4 Å². The van der Waals surface area contributed by atoms with E-state index in [1.807, 2.05) is 6.92 Å². The second-order valence-corrected chi connectivity index (χ2v) is 3.45. The molecule has 1 heterocycles. The summed E-state index contributed by atoms with van der Waals surface area (Å²) in [6, 6.07) is 6.81. The number of benzene rings is 1. The Morgan fingerprint density at radius 3 is 2.79 bits per heavy atom. The fraction of sp³-hybridized carbons (Fsp3) is 0.300. The van der Waals surface area contributed by atoms with Crippen LogP contribution in [-0.2, 0) is 0 Å². The molecular weight excluding hydrogens is 180 g/mol. The Balaban J connectivity index is 2.32. The molecule has 0 radical (unpaired) electrons. The van der Waals surface area contributed by atoms with Crippen molar-refractivity contribution in [2.45, 2.75) is 13.0 Å². The largest absolute Gasteiger partial charge is 0.506 e. The van der Waals surface area contributed by atoms with Crippen molar-refractivity contribution in [2.75, 3.05) is 11.4 Å². The Morgan fingerprint density at radius 2 is 2.21 bits per heavy atom. The van der Waals surface area contributed by atoms with Crippen molar-refractivity contribution in [2.24, 2.45) is 0 Å². The summed E-state index contributed by atoms with van der Waals surface area (Å²) in [5.74, 6) is 0.136. The van der Waals surface area contributed by atoms with Gasteiger partial charge in [-0.05, 0) is 19.1 Å². The molecule has 1 aromatic rings. The Labute approximate surface area is 82.2 Å². The number of anilines is 1. The van der Waals surface area contributed by atoms with E-state index < -0.39 is 0 Å². The second kappa shape index (κ2) is 3.21. The molecule has 1 aromatic carbocycles. The van der Waals surface area contributed by atoms with Gasteiger partial charge in [0, 0.05) is 12.6 Å². The quantitative estimate of drug-likeness (QED) is 0.704. The van der Waals surface area contributed by atoms with E-state index in [1.54, 1.807) is 29.2 Å². The number of nitrogens with one attached hydrogen (secondary N) is 1. The maximum atomic E-state index is 11.4. The van der Waals surface area contributed by atoms with E-state index in [1.165, 1.54) is 0 Å². The number of hydrogen-bond donors (Lipinski definition) is 2. The third kappa shape index (κ3) is 1.39. The van der Waals surface area contributed by atoms with Crippen LogP contribution >= 0.6 is 0 Å². The normalized spacial score (nSPS) is 21.1. The molecule has 14 heavy (non-hydrogen) atoms. The van der Waals surface area contributed by atoms with Gasteiger partial charge in [-0.25, -0.2) is 4.79 Å². The van der Waals surface area contributed by atoms with Gasteiger partial charge in [-0.1, -0.05) is 12.1 Å². The van der Waals surface area contributed by atoms with E-state index >= 15 is 0 Å². The Kier molecular flexibility index (Phi) is 2.04. The summed E-state index contributed by atoms with van der Waals surface area (Å²) in [5.41, 5.74) is 0.564. The molecule has 4 nitrogen and oxygen atoms in total. The summed E-state index contributed by atoms with van der Waals surface area (Å²) >= 11 is 0. The molecule has 0 saturated carbocycles. The molecular formula is C10H12N2O2. The van der Waals surface area contributed by atoms with Crippen LogP contribution in [0.25, 0.3) is 0 Å². The lowest BCUT2D eigenvalue weighted by Gasteiger charge is -2.15. The van der Waals surface area contributed by atoms with Gasteiger partial charge in [0.05, 0.1) is 5.69 Å². The molecule has 4 heteroatoms. The highest BCUT2D eigenvalue weighted by Crippen LogP contribution is 2.28. The van der Waals surface area contributed by atoms with Crippen LogP contribution in [0.15, 0.2) is 24.3 Å². The highest BCUT2D eigenvalue weighted by molar-refractivity contribution is 5.95. The number of para-hydroxylation sites is 2. The maximum absolute atomic E-state index is 11.4. The van der Waals surface area contributed by atoms with E-state index in [-0.39, 0.29) is 17.8 Å². The van der Waals surface area contributed by atoms with Gasteiger partial charge in [0.15, 0.2) is 0 Å². The van der Waals surface area contributed by atoms with Gasteiger partial charge in [0.25, 0.3) is 0 Å². The van der Waals surface area contributed by atoms with E-state index in [0.29, 0.717) is 12.2 Å². The fourth-order valence-electron chi connectivity index (χ4n) is 1.59. The van der Waals surface area contributed by atoms with Crippen molar-refractivity contribution in [3.8, 4) is 5.75 Å². The third-order valence-electron chi connectivity index (χ3n) is 2.24. The molecule has 0 aromatic heterocycles. The summed E-state index contributed by atoms with van der Waals surface area (Å²) in [6.45, 7) is 2.52. The van der Waals surface area contributed by atoms with Crippen molar-refractivity contribution in [3.05, 3.63) is 24.3 Å². The average molecular weight is 192 g/mol. The van der Waals surface area contributed by atoms with Crippen LogP contribution in [0.2, 0.25) is 0 Å². The van der Waals surface area contributed by atoms with Crippen LogP contribution < -0.4 is 10.2 Å². The number of nitrogens with zero attached hydrogens (tertiary/aromatic N) is 1. The molecule has 1 fully saturated rings. The van der Waals surface area contributed by atoms with Gasteiger partial charge in [0.1, 0.15) is 5.75 Å². The lowest BCUT2D eigenvalue weighted by molar-refractivity contribution is 0.251. The number of aromatic hydroxyl groups is 1. The van der Waals surface area contributed by atoms with E-state index in [4.69, 9.17) is 0 Å². The zero-order valence-electron chi connectivity index (χ0n) is 7.90. The number of carbonyl (C=O) groups is 1. The predicted octanol–water partition coefficient (Wildman–Crippen LogP) is 1.31. The predicted molar refractivity (Wildman–Crippen MR) is 53.4 cm³/mol. The summed E-state index contributed by atoms with van der Waals surface area (Å²) in [5, 5.41) is 12.3. The van der Waals surface area contributed by atoms with Gasteiger partial charge in [0.2, 0.25) is 0 Å². The molecule has 0 bridgehead atoms. The molecule has 2 N–H and O–H groups in total. The van der Waals surface area contributed by atoms with Crippen LogP contribution in [0, 0.1) is 0 Å². The Hall–Kier alpha value is -1.71. The highest BCUT2D eigenvalue weighted by Gasteiger charge is 2.27. The minimum Gasteiger partial charge on any atom is -0.506 e. The Morgan fingerprint density at radius 1 is 1.50 bits per heavy atom. The maximum Gasteiger partial charge on any atom is 0.322 e. The Bertz CT molecular complexity index is 365. The molecule has 1 saturated heterocycles. The number of phenols is 1. The zero-order chi connectivity index (χ0) is 10.1. The first-order chi connectivity index (χ1) is 6.68. The third-order valence-corrected chi connectivity index (χ3v) is 2.24. The van der Waals surface area contributed by atoms with Crippen molar-refractivity contribution >= 4 is 11.7 Å². The molecule has 1 unspecified atom stereocenters. The van der Waals surface area contributed by atoms with Crippen LogP contribution in [0.5, 0.6) is 5.75 Å². The van der Waals surface area contributed by atoms with E-state index in [0.717, 1.165) is 0 Å². The fourth-order valence-corrected chi connectivity index (χ4v) is 1.59. The number of phenolic OH excluding ortho intramolecular Hbond substituents is 1. The summed E-state index contributed by atoms with van der Waals surface area (Å²) in [6.07, 6.45) is 0. The van der Waals surface area contributed by atoms with Crippen molar-refractivity contribution in [3.63, 3.8) is 0 Å². The number of amides is 2. The number of urea groups is 1. The summed E-state index contributed by atoms with van der Waals surface area (Å²) < 4.78 is 0. The van der Waals surface area contributed by atoms with E-state index in [2.05, 4.69) is 5.32 Å². The molecule has 74 valence electrons. The number of carbonyl (C=O) groups excluding carboxylic acids is 1. The smallest absolute Gasteiger partial charge is 0.322 e. The summed E-state index contributed by atoms with van der Waals surface area (Å²) in [4.78, 5) is 13.0. The van der Waals surface area contributed by atoms with Crippen LogP contribution in [0.1, 0.15) is 6.92 Å². The van der Waals surface area contributed by atoms with Gasteiger partial charge in [-0.2, -0.15) is 0 Å². The van der Waals surface area contributed by atoms with Crippen molar-refractivity contribution in [1.29, 1.82) is 0 Å². The monoisotopic (exact) mass is 192 g/mol. The number of rotatable bonds is 1. The van der Waals surface area contributed by atoms with Gasteiger partial charge in [-0.15, -0.1) is 0 Å². The van der Waals surface area contributed by atoms with Crippen molar-refractivity contribution in [1.82, 2.24) is 5.32 Å². The average Bonchev–Trinajstić information content (AvgIpc) is 2.46. The molecule has 1 aliphatic heterocycles. The second-order valence-electron chi connectivity index (χ2n) is 3.45. The number of hydrogen-bond acceptors (Lipinski definition) is 2. The van der Waals surface area contributed by atoms with Crippen LogP contribution in [0.4, 0.5) is 10.5 Å².